The summed E-state index contributed by atoms with van der Waals surface area (Å²) in [6, 6.07) is 14.5. The fraction of sp³-hybridized carbons (Fsp3) is 0.158. The number of rotatable bonds is 4. The summed E-state index contributed by atoms with van der Waals surface area (Å²) in [5.74, 6) is -0.566. The molecule has 1 heterocycles. The lowest BCUT2D eigenvalue weighted by Gasteiger charge is -2.24. The molecule has 116 valence electrons. The number of hydrogen-bond donors (Lipinski definition) is 1. The molecule has 1 aliphatic rings. The highest BCUT2D eigenvalue weighted by Gasteiger charge is 2.29. The third-order valence-corrected chi connectivity index (χ3v) is 4.08. The van der Waals surface area contributed by atoms with Crippen molar-refractivity contribution in [1.29, 1.82) is 0 Å². The number of nitrogens with zero attached hydrogens (tertiary/aromatic N) is 1. The molecular weight excluding hydrogens is 290 g/mol. The summed E-state index contributed by atoms with van der Waals surface area (Å²) in [5, 5.41) is 10.2. The number of aromatic hydroxyl groups is 1. The molecule has 1 atom stereocenters. The Bertz CT molecular complexity index is 777. The van der Waals surface area contributed by atoms with Crippen LogP contribution in [0.5, 0.6) is 5.75 Å². The van der Waals surface area contributed by atoms with Gasteiger partial charge in [-0.3, -0.25) is 9.59 Å². The van der Waals surface area contributed by atoms with Crippen molar-refractivity contribution in [3.05, 3.63) is 71.8 Å². The predicted octanol–water partition coefficient (Wildman–Crippen LogP) is 3.36. The van der Waals surface area contributed by atoms with Crippen LogP contribution in [0.25, 0.3) is 0 Å². The molecule has 0 bridgehead atoms. The average Bonchev–Trinajstić information content (AvgIpc) is 2.89. The molecule has 0 fully saturated rings. The van der Waals surface area contributed by atoms with Gasteiger partial charge in [-0.1, -0.05) is 43.3 Å². The van der Waals surface area contributed by atoms with Crippen LogP contribution < -0.4 is 4.90 Å². The van der Waals surface area contributed by atoms with Gasteiger partial charge in [-0.2, -0.15) is 0 Å². The molecule has 0 aliphatic carbocycles. The van der Waals surface area contributed by atoms with E-state index in [0.717, 1.165) is 17.5 Å². The molecule has 4 heteroatoms. The van der Waals surface area contributed by atoms with Crippen LogP contribution in [0.1, 0.15) is 30.4 Å². The van der Waals surface area contributed by atoms with Crippen molar-refractivity contribution in [2.75, 3.05) is 4.90 Å². The number of hydrogen-bond acceptors (Lipinski definition) is 3. The van der Waals surface area contributed by atoms with Gasteiger partial charge in [0.15, 0.2) is 0 Å². The fourth-order valence-corrected chi connectivity index (χ4v) is 3.01. The molecule has 2 aromatic rings. The number of para-hydroxylation sites is 2. The number of carbonyl (C=O) groups is 2. The fourth-order valence-electron chi connectivity index (χ4n) is 3.01. The van der Waals surface area contributed by atoms with Gasteiger partial charge in [0.05, 0.1) is 5.69 Å². The molecule has 0 saturated heterocycles. The van der Waals surface area contributed by atoms with Gasteiger partial charge in [0.25, 0.3) is 11.8 Å². The molecule has 2 aromatic carbocycles. The maximum atomic E-state index is 12.0. The van der Waals surface area contributed by atoms with Crippen molar-refractivity contribution >= 4 is 17.5 Å². The third kappa shape index (κ3) is 2.63. The minimum atomic E-state index is -0.338. The van der Waals surface area contributed by atoms with Crippen molar-refractivity contribution in [3.8, 4) is 5.75 Å². The molecule has 3 rings (SSSR count). The highest BCUT2D eigenvalue weighted by molar-refractivity contribution is 6.28. The monoisotopic (exact) mass is 307 g/mol. The summed E-state index contributed by atoms with van der Waals surface area (Å²) in [5.41, 5.74) is 2.21. The van der Waals surface area contributed by atoms with Gasteiger partial charge in [-0.15, -0.1) is 0 Å². The lowest BCUT2D eigenvalue weighted by Crippen LogP contribution is -2.30. The first kappa shape index (κ1) is 15.0. The van der Waals surface area contributed by atoms with E-state index in [1.54, 1.807) is 24.3 Å². The first-order valence-electron chi connectivity index (χ1n) is 7.56. The van der Waals surface area contributed by atoms with E-state index < -0.39 is 0 Å². The second-order valence-electron chi connectivity index (χ2n) is 5.42. The molecule has 0 aromatic heterocycles. The summed E-state index contributed by atoms with van der Waals surface area (Å²) >= 11 is 0. The molecular formula is C19H17NO3. The zero-order valence-electron chi connectivity index (χ0n) is 12.8. The first-order chi connectivity index (χ1) is 11.1. The van der Waals surface area contributed by atoms with Crippen LogP contribution in [0, 0.1) is 0 Å². The molecule has 0 radical (unpaired) electrons. The van der Waals surface area contributed by atoms with Crippen LogP contribution in [0.3, 0.4) is 0 Å². The molecule has 0 saturated carbocycles. The number of imide groups is 1. The molecule has 1 N–H and O–H groups in total. The Morgan fingerprint density at radius 1 is 0.913 bits per heavy atom. The summed E-state index contributed by atoms with van der Waals surface area (Å²) in [6.45, 7) is 2.01. The van der Waals surface area contributed by atoms with E-state index in [1.165, 1.54) is 17.1 Å². The average molecular weight is 307 g/mol. The minimum Gasteiger partial charge on any atom is -0.508 e. The Balaban J connectivity index is 2.11. The Kier molecular flexibility index (Phi) is 3.98. The maximum Gasteiger partial charge on any atom is 0.258 e. The van der Waals surface area contributed by atoms with Crippen LogP contribution in [-0.4, -0.2) is 16.9 Å². The zero-order chi connectivity index (χ0) is 16.4. The van der Waals surface area contributed by atoms with Gasteiger partial charge in [0.2, 0.25) is 0 Å². The van der Waals surface area contributed by atoms with Gasteiger partial charge < -0.3 is 5.11 Å². The van der Waals surface area contributed by atoms with E-state index in [9.17, 15) is 14.7 Å². The molecule has 23 heavy (non-hydrogen) atoms. The smallest absolute Gasteiger partial charge is 0.258 e. The lowest BCUT2D eigenvalue weighted by molar-refractivity contribution is -0.120. The van der Waals surface area contributed by atoms with E-state index in [4.69, 9.17) is 0 Å². The predicted molar refractivity (Wildman–Crippen MR) is 88.3 cm³/mol. The minimum absolute atomic E-state index is 0.103. The SMILES string of the molecule is CCC(c1ccccc1O)c1ccccc1N1C(=O)C=CC1=O. The van der Waals surface area contributed by atoms with E-state index in [1.807, 2.05) is 31.2 Å². The van der Waals surface area contributed by atoms with Crippen LogP contribution >= 0.6 is 0 Å². The Morgan fingerprint density at radius 2 is 1.48 bits per heavy atom. The third-order valence-electron chi connectivity index (χ3n) is 4.08. The summed E-state index contributed by atoms with van der Waals surface area (Å²) in [7, 11) is 0. The van der Waals surface area contributed by atoms with Crippen LogP contribution in [0.4, 0.5) is 5.69 Å². The van der Waals surface area contributed by atoms with E-state index >= 15 is 0 Å². The second kappa shape index (κ2) is 6.08. The van der Waals surface area contributed by atoms with Crippen molar-refractivity contribution in [2.24, 2.45) is 0 Å². The number of amides is 2. The van der Waals surface area contributed by atoms with E-state index in [2.05, 4.69) is 0 Å². The van der Waals surface area contributed by atoms with Crippen LogP contribution in [0.2, 0.25) is 0 Å². The number of carbonyl (C=O) groups excluding carboxylic acids is 2. The summed E-state index contributed by atoms with van der Waals surface area (Å²) in [4.78, 5) is 25.2. The highest BCUT2D eigenvalue weighted by atomic mass is 16.3. The Hall–Kier alpha value is -2.88. The van der Waals surface area contributed by atoms with E-state index in [0.29, 0.717) is 5.69 Å². The molecule has 0 spiro atoms. The van der Waals surface area contributed by atoms with Gasteiger partial charge >= 0.3 is 0 Å². The number of phenols is 1. The van der Waals surface area contributed by atoms with Gasteiger partial charge in [-0.05, 0) is 24.1 Å². The topological polar surface area (TPSA) is 57.6 Å². The van der Waals surface area contributed by atoms with Crippen LogP contribution in [-0.2, 0) is 9.59 Å². The molecule has 1 aliphatic heterocycles. The maximum absolute atomic E-state index is 12.0. The Morgan fingerprint density at radius 3 is 2.09 bits per heavy atom. The lowest BCUT2D eigenvalue weighted by atomic mass is 9.87. The van der Waals surface area contributed by atoms with Crippen molar-refractivity contribution in [2.45, 2.75) is 19.3 Å². The zero-order valence-corrected chi connectivity index (χ0v) is 12.8. The number of anilines is 1. The quantitative estimate of drug-likeness (QED) is 0.881. The van der Waals surface area contributed by atoms with Gasteiger partial charge in [0.1, 0.15) is 5.75 Å². The van der Waals surface area contributed by atoms with Crippen molar-refractivity contribution in [1.82, 2.24) is 0 Å². The number of phenolic OH excluding ortho intramolecular Hbond substituents is 1. The highest BCUT2D eigenvalue weighted by Crippen LogP contribution is 2.38. The molecule has 1 unspecified atom stereocenters. The normalized spacial score (nSPS) is 15.3. The number of benzene rings is 2. The summed E-state index contributed by atoms with van der Waals surface area (Å²) in [6.07, 6.45) is 3.29. The molecule has 2 amide bonds. The molecule has 4 nitrogen and oxygen atoms in total. The van der Waals surface area contributed by atoms with Crippen molar-refractivity contribution in [3.63, 3.8) is 0 Å². The second-order valence-corrected chi connectivity index (χ2v) is 5.42. The van der Waals surface area contributed by atoms with Crippen LogP contribution in [0.15, 0.2) is 60.7 Å². The van der Waals surface area contributed by atoms with Gasteiger partial charge in [0, 0.05) is 23.6 Å². The largest absolute Gasteiger partial charge is 0.508 e. The first-order valence-corrected chi connectivity index (χ1v) is 7.56. The Labute approximate surface area is 134 Å². The van der Waals surface area contributed by atoms with Gasteiger partial charge in [-0.25, -0.2) is 4.90 Å². The van der Waals surface area contributed by atoms with E-state index in [-0.39, 0.29) is 23.5 Å². The standard InChI is InChI=1S/C19H17NO3/c1-2-13(15-8-4-6-10-17(15)21)14-7-3-5-9-16(14)20-18(22)11-12-19(20)23/h3-13,21H,2H2,1H3. The van der Waals surface area contributed by atoms with Crippen molar-refractivity contribution < 1.29 is 14.7 Å². The summed E-state index contributed by atoms with van der Waals surface area (Å²) < 4.78 is 0.